The summed E-state index contributed by atoms with van der Waals surface area (Å²) in [6.07, 6.45) is -4.21. The van der Waals surface area contributed by atoms with Crippen LogP contribution in [0, 0.1) is 82.0 Å². The summed E-state index contributed by atoms with van der Waals surface area (Å²) in [5.41, 5.74) is 15.5. The van der Waals surface area contributed by atoms with Crippen molar-refractivity contribution < 1.29 is 31.8 Å². The Bertz CT molecular complexity index is 3460. The standard InChI is InChI=1S/C13H12.C11H10.2C9H12O.C8H7F3.C8H10O.C8H10.C7H7F.C7H8/c1-11-7-9-13(10-8-11)12-5-3-2-4-6-12;1-9-6-7-10-4-2-3-5-11(10)8-9;1-7-4-5-8(2)9(6-7)10-3;1-3-10-9-6-4-8(2)5-7-9;1-6-2-4-7(5-3-6)8(9,10)11;1-7-3-5-8(9-2)6-4-7;1-7-3-5-8(2)6-4-7;1-6-2-4-7(8)5-3-6;1-7-5-3-2-4-6-7/h2-10H,1H3;2-8H,1H3;4-6H,1-3H3;4-7H,3H2,1-2H3;2-5H,1H3;3-6H,1-2H3;3-6H,1-2H3;2-5H,1H3;2-6H,1H3. The van der Waals surface area contributed by atoms with E-state index in [-0.39, 0.29) is 5.82 Å². The molecule has 0 aliphatic carbocycles. The highest BCUT2D eigenvalue weighted by Gasteiger charge is 2.29. The van der Waals surface area contributed by atoms with Crippen molar-refractivity contribution in [3.63, 3.8) is 0 Å². The summed E-state index contributed by atoms with van der Waals surface area (Å²) >= 11 is 0. The van der Waals surface area contributed by atoms with Crippen LogP contribution in [-0.4, -0.2) is 20.8 Å². The van der Waals surface area contributed by atoms with Gasteiger partial charge in [0.15, 0.2) is 0 Å². The average Bonchev–Trinajstić information content (AvgIpc) is 3.71. The van der Waals surface area contributed by atoms with Crippen molar-refractivity contribution in [3.8, 4) is 28.4 Å². The van der Waals surface area contributed by atoms with Gasteiger partial charge in [-0.05, 0) is 171 Å². The van der Waals surface area contributed by atoms with Crippen LogP contribution >= 0.6 is 0 Å². The predicted octanol–water partition coefficient (Wildman–Crippen LogP) is 23.0. The third-order valence-corrected chi connectivity index (χ3v) is 12.8. The molecule has 0 saturated heterocycles. The van der Waals surface area contributed by atoms with Gasteiger partial charge >= 0.3 is 6.18 Å². The molecular formula is C80H88F4O3. The molecule has 0 aromatic heterocycles. The van der Waals surface area contributed by atoms with Gasteiger partial charge in [-0.2, -0.15) is 13.2 Å². The first-order chi connectivity index (χ1) is 41.6. The Balaban J connectivity index is 0.000000257. The van der Waals surface area contributed by atoms with Crippen molar-refractivity contribution in [2.45, 2.75) is 89.3 Å². The van der Waals surface area contributed by atoms with Crippen molar-refractivity contribution in [2.75, 3.05) is 20.8 Å². The van der Waals surface area contributed by atoms with E-state index in [0.29, 0.717) is 0 Å². The predicted molar refractivity (Wildman–Crippen MR) is 362 cm³/mol. The molecule has 0 aliphatic rings. The molecule has 0 N–H and O–H groups in total. The highest BCUT2D eigenvalue weighted by Crippen LogP contribution is 2.29. The zero-order valence-electron chi connectivity index (χ0n) is 53.3. The highest BCUT2D eigenvalue weighted by molar-refractivity contribution is 5.82. The molecule has 0 amide bonds. The summed E-state index contributed by atoms with van der Waals surface area (Å²) in [4.78, 5) is 0. The van der Waals surface area contributed by atoms with Gasteiger partial charge in [0.2, 0.25) is 0 Å². The average molecular weight is 1170 g/mol. The lowest BCUT2D eigenvalue weighted by atomic mass is 10.0. The Labute approximate surface area is 518 Å². The number of benzene rings is 11. The van der Waals surface area contributed by atoms with Gasteiger partial charge in [0.25, 0.3) is 0 Å². The second-order valence-electron chi connectivity index (χ2n) is 20.8. The molecular weight excluding hydrogens is 1080 g/mol. The van der Waals surface area contributed by atoms with Gasteiger partial charge in [-0.25, -0.2) is 4.39 Å². The van der Waals surface area contributed by atoms with E-state index in [1.54, 1.807) is 33.3 Å². The van der Waals surface area contributed by atoms with Crippen LogP contribution in [0.15, 0.2) is 267 Å². The zero-order chi connectivity index (χ0) is 64.0. The fourth-order valence-electron chi connectivity index (χ4n) is 7.54. The maximum atomic E-state index is 12.1. The molecule has 0 saturated carbocycles. The lowest BCUT2D eigenvalue weighted by molar-refractivity contribution is -0.137. The minimum absolute atomic E-state index is 0.171. The first-order valence-corrected chi connectivity index (χ1v) is 29.0. The van der Waals surface area contributed by atoms with Crippen molar-refractivity contribution in [2.24, 2.45) is 0 Å². The molecule has 0 heterocycles. The van der Waals surface area contributed by atoms with E-state index in [9.17, 15) is 17.6 Å². The Morgan fingerprint density at radius 3 is 1.06 bits per heavy atom. The third-order valence-electron chi connectivity index (χ3n) is 12.8. The Morgan fingerprint density at radius 1 is 0.310 bits per heavy atom. The first-order valence-electron chi connectivity index (χ1n) is 29.0. The number of rotatable bonds is 5. The highest BCUT2D eigenvalue weighted by atomic mass is 19.4. The number of methoxy groups -OCH3 is 2. The van der Waals surface area contributed by atoms with Crippen molar-refractivity contribution >= 4 is 10.8 Å². The monoisotopic (exact) mass is 1170 g/mol. The van der Waals surface area contributed by atoms with Gasteiger partial charge in [-0.1, -0.05) is 262 Å². The molecule has 7 heteroatoms. The second kappa shape index (κ2) is 40.2. The normalized spacial score (nSPS) is 9.77. The van der Waals surface area contributed by atoms with Crippen LogP contribution in [0.25, 0.3) is 21.9 Å². The van der Waals surface area contributed by atoms with Crippen LogP contribution in [0.5, 0.6) is 17.2 Å². The van der Waals surface area contributed by atoms with Crippen LogP contribution in [0.3, 0.4) is 0 Å². The number of fused-ring (bicyclic) bond motifs is 1. The van der Waals surface area contributed by atoms with E-state index in [1.165, 1.54) is 96.2 Å². The number of hydrogen-bond donors (Lipinski definition) is 0. The lowest BCUT2D eigenvalue weighted by Gasteiger charge is -2.05. The van der Waals surface area contributed by atoms with Gasteiger partial charge in [-0.3, -0.25) is 0 Å². The molecule has 0 bridgehead atoms. The van der Waals surface area contributed by atoms with E-state index >= 15 is 0 Å². The molecule has 0 spiro atoms. The van der Waals surface area contributed by atoms with Gasteiger partial charge in [-0.15, -0.1) is 0 Å². The second-order valence-corrected chi connectivity index (χ2v) is 20.8. The molecule has 0 unspecified atom stereocenters. The molecule has 0 fully saturated rings. The van der Waals surface area contributed by atoms with Gasteiger partial charge < -0.3 is 14.2 Å². The lowest BCUT2D eigenvalue weighted by Crippen LogP contribution is -2.03. The number of hydrogen-bond acceptors (Lipinski definition) is 3. The van der Waals surface area contributed by atoms with E-state index in [0.717, 1.165) is 47.1 Å². The minimum atomic E-state index is -4.21. The van der Waals surface area contributed by atoms with E-state index in [2.05, 4.69) is 195 Å². The number of aryl methyl sites for hydroxylation is 11. The molecule has 3 nitrogen and oxygen atoms in total. The largest absolute Gasteiger partial charge is 0.497 e. The van der Waals surface area contributed by atoms with Gasteiger partial charge in [0.1, 0.15) is 23.1 Å². The van der Waals surface area contributed by atoms with Crippen LogP contribution in [0.2, 0.25) is 0 Å². The molecule has 0 atom stereocenters. The van der Waals surface area contributed by atoms with Crippen LogP contribution in [0.1, 0.15) is 73.7 Å². The zero-order valence-corrected chi connectivity index (χ0v) is 53.3. The summed E-state index contributed by atoms with van der Waals surface area (Å²) in [7, 11) is 3.37. The summed E-state index contributed by atoms with van der Waals surface area (Å²) in [6, 6.07) is 86.3. The Morgan fingerprint density at radius 2 is 0.655 bits per heavy atom. The topological polar surface area (TPSA) is 27.7 Å². The van der Waals surface area contributed by atoms with Crippen molar-refractivity contribution in [1.29, 1.82) is 0 Å². The Kier molecular flexibility index (Phi) is 33.3. The SMILES string of the molecule is CCOc1ccc(C)cc1.COc1cc(C)ccc1C.COc1ccc(C)cc1.Cc1ccc(-c2ccccc2)cc1.Cc1ccc(C(F)(F)F)cc1.Cc1ccc(C)cc1.Cc1ccc(F)cc1.Cc1ccc2ccccc2c1.Cc1ccccc1. The molecule has 11 aromatic carbocycles. The van der Waals surface area contributed by atoms with Crippen LogP contribution < -0.4 is 14.2 Å². The van der Waals surface area contributed by atoms with E-state index in [1.807, 2.05) is 99.6 Å². The van der Waals surface area contributed by atoms with Crippen LogP contribution in [0.4, 0.5) is 17.6 Å². The van der Waals surface area contributed by atoms with E-state index in [4.69, 9.17) is 14.2 Å². The minimum Gasteiger partial charge on any atom is -0.497 e. The maximum absolute atomic E-state index is 12.1. The molecule has 87 heavy (non-hydrogen) atoms. The first kappa shape index (κ1) is 72.1. The van der Waals surface area contributed by atoms with Crippen molar-refractivity contribution in [3.05, 3.63) is 339 Å². The smallest absolute Gasteiger partial charge is 0.416 e. The van der Waals surface area contributed by atoms with E-state index < -0.39 is 11.7 Å². The molecule has 11 aromatic rings. The molecule has 11 rings (SSSR count). The van der Waals surface area contributed by atoms with Gasteiger partial charge in [0, 0.05) is 0 Å². The molecule has 0 aliphatic heterocycles. The fourth-order valence-corrected chi connectivity index (χ4v) is 7.54. The Hall–Kier alpha value is -9.20. The number of ether oxygens (including phenoxy) is 3. The summed E-state index contributed by atoms with van der Waals surface area (Å²) in [5, 5.41) is 2.64. The summed E-state index contributed by atoms with van der Waals surface area (Å²) in [6.45, 7) is 25.1. The number of halogens is 4. The molecule has 454 valence electrons. The van der Waals surface area contributed by atoms with Crippen LogP contribution in [-0.2, 0) is 6.18 Å². The number of alkyl halides is 3. The molecule has 0 radical (unpaired) electrons. The van der Waals surface area contributed by atoms with Crippen molar-refractivity contribution in [1.82, 2.24) is 0 Å². The quantitative estimate of drug-likeness (QED) is 0.161. The fraction of sp³-hybridized carbons (Fsp3) is 0.200. The summed E-state index contributed by atoms with van der Waals surface area (Å²) < 4.78 is 63.2. The van der Waals surface area contributed by atoms with Gasteiger partial charge in [0.05, 0.1) is 26.4 Å². The maximum Gasteiger partial charge on any atom is 0.416 e. The third kappa shape index (κ3) is 31.5. The summed E-state index contributed by atoms with van der Waals surface area (Å²) in [5.74, 6) is 2.67.